The fraction of sp³-hybridized carbons (Fsp3) is 0.462. The SMILES string of the molecule is CCCS(=O)(=O)c1ccc(-c2ccc3c(c2)N(C(=O)OC2CCOCC2)CC(C)N3C(C)=O)cc1. The fourth-order valence-corrected chi connectivity index (χ4v) is 6.02. The zero-order valence-electron chi connectivity index (χ0n) is 20.4. The largest absolute Gasteiger partial charge is 0.446 e. The third kappa shape index (κ3) is 5.36. The van der Waals surface area contributed by atoms with Gasteiger partial charge in [0.1, 0.15) is 6.10 Å². The molecule has 4 rings (SSSR count). The number of anilines is 2. The van der Waals surface area contributed by atoms with Crippen LogP contribution in [0.4, 0.5) is 16.2 Å². The van der Waals surface area contributed by atoms with Gasteiger partial charge in [0.25, 0.3) is 0 Å². The van der Waals surface area contributed by atoms with Crippen LogP contribution in [0.15, 0.2) is 47.4 Å². The number of amides is 2. The van der Waals surface area contributed by atoms with Gasteiger partial charge in [-0.3, -0.25) is 9.69 Å². The Bertz CT molecular complexity index is 1190. The average Bonchev–Trinajstić information content (AvgIpc) is 2.83. The number of benzene rings is 2. The Labute approximate surface area is 206 Å². The molecule has 1 atom stereocenters. The lowest BCUT2D eigenvalue weighted by atomic mass is 10.0. The highest BCUT2D eigenvalue weighted by Crippen LogP contribution is 2.39. The Balaban J connectivity index is 1.68. The van der Waals surface area contributed by atoms with Gasteiger partial charge in [-0.2, -0.15) is 0 Å². The minimum absolute atomic E-state index is 0.102. The molecule has 2 amide bonds. The number of hydrogen-bond donors (Lipinski definition) is 0. The summed E-state index contributed by atoms with van der Waals surface area (Å²) in [4.78, 5) is 29.2. The van der Waals surface area contributed by atoms with Crippen molar-refractivity contribution in [1.82, 2.24) is 0 Å². The molecule has 0 spiro atoms. The maximum Gasteiger partial charge on any atom is 0.414 e. The predicted octanol–water partition coefficient (Wildman–Crippen LogP) is 4.41. The van der Waals surface area contributed by atoms with Crippen molar-refractivity contribution in [3.8, 4) is 11.1 Å². The van der Waals surface area contributed by atoms with Crippen LogP contribution in [0.1, 0.15) is 40.0 Å². The number of nitrogens with zero attached hydrogens (tertiary/aromatic N) is 2. The molecule has 1 unspecified atom stereocenters. The summed E-state index contributed by atoms with van der Waals surface area (Å²) in [6.07, 6.45) is 1.25. The molecule has 2 heterocycles. The molecule has 0 radical (unpaired) electrons. The molecular formula is C26H32N2O6S. The van der Waals surface area contributed by atoms with Crippen molar-refractivity contribution in [3.63, 3.8) is 0 Å². The summed E-state index contributed by atoms with van der Waals surface area (Å²) in [6, 6.07) is 12.1. The number of hydrogen-bond acceptors (Lipinski definition) is 6. The van der Waals surface area contributed by atoms with Gasteiger partial charge >= 0.3 is 6.09 Å². The molecule has 188 valence electrons. The summed E-state index contributed by atoms with van der Waals surface area (Å²) < 4.78 is 35.9. The molecule has 1 fully saturated rings. The summed E-state index contributed by atoms with van der Waals surface area (Å²) in [5, 5.41) is 0. The zero-order valence-corrected chi connectivity index (χ0v) is 21.2. The maximum absolute atomic E-state index is 13.2. The van der Waals surface area contributed by atoms with Crippen LogP contribution >= 0.6 is 0 Å². The average molecular weight is 501 g/mol. The van der Waals surface area contributed by atoms with E-state index in [4.69, 9.17) is 9.47 Å². The standard InChI is InChI=1S/C26H32N2O6S/c1-4-15-35(31,32)23-8-5-20(6-9-23)21-7-10-24-25(16-21)27(17-18(2)28(24)19(3)29)26(30)34-22-11-13-33-14-12-22/h5-10,16,18,22H,4,11-15,17H2,1-3H3. The Hall–Kier alpha value is -2.91. The lowest BCUT2D eigenvalue weighted by molar-refractivity contribution is -0.117. The Morgan fingerprint density at radius 1 is 1.03 bits per heavy atom. The maximum atomic E-state index is 13.2. The molecule has 0 aromatic heterocycles. The van der Waals surface area contributed by atoms with Crippen LogP contribution < -0.4 is 9.80 Å². The Morgan fingerprint density at radius 3 is 2.31 bits per heavy atom. The Morgan fingerprint density at radius 2 is 1.69 bits per heavy atom. The van der Waals surface area contributed by atoms with Crippen LogP contribution in [-0.2, 0) is 24.1 Å². The van der Waals surface area contributed by atoms with Gasteiger partial charge in [0.15, 0.2) is 9.84 Å². The van der Waals surface area contributed by atoms with Crippen LogP contribution in [0, 0.1) is 0 Å². The van der Waals surface area contributed by atoms with Crippen LogP contribution in [0.25, 0.3) is 11.1 Å². The molecule has 2 aromatic rings. The first kappa shape index (κ1) is 25.2. The third-order valence-corrected chi connectivity index (χ3v) is 8.36. The summed E-state index contributed by atoms with van der Waals surface area (Å²) in [6.45, 7) is 6.70. The molecule has 9 heteroatoms. The van der Waals surface area contributed by atoms with Gasteiger partial charge in [-0.05, 0) is 48.7 Å². The van der Waals surface area contributed by atoms with Gasteiger partial charge in [-0.25, -0.2) is 13.2 Å². The second-order valence-corrected chi connectivity index (χ2v) is 11.2. The first-order chi connectivity index (χ1) is 16.7. The first-order valence-electron chi connectivity index (χ1n) is 12.0. The molecule has 35 heavy (non-hydrogen) atoms. The van der Waals surface area contributed by atoms with Crippen molar-refractivity contribution >= 4 is 33.2 Å². The summed E-state index contributed by atoms with van der Waals surface area (Å²) in [5.41, 5.74) is 2.86. The van der Waals surface area contributed by atoms with Crippen LogP contribution in [0.3, 0.4) is 0 Å². The fourth-order valence-electron chi connectivity index (χ4n) is 4.70. The number of sulfone groups is 1. The summed E-state index contributed by atoms with van der Waals surface area (Å²) in [7, 11) is -3.30. The molecular weight excluding hydrogens is 468 g/mol. The molecule has 0 N–H and O–H groups in total. The number of fused-ring (bicyclic) bond motifs is 1. The number of carbonyl (C=O) groups excluding carboxylic acids is 2. The molecule has 2 aromatic carbocycles. The van der Waals surface area contributed by atoms with Gasteiger partial charge in [0, 0.05) is 26.3 Å². The van der Waals surface area contributed by atoms with E-state index in [0.717, 1.165) is 11.1 Å². The van der Waals surface area contributed by atoms with Gasteiger partial charge in [0.2, 0.25) is 5.91 Å². The number of rotatable bonds is 5. The molecule has 1 saturated heterocycles. The van der Waals surface area contributed by atoms with E-state index in [0.29, 0.717) is 55.3 Å². The van der Waals surface area contributed by atoms with E-state index in [-0.39, 0.29) is 23.8 Å². The second-order valence-electron chi connectivity index (χ2n) is 9.09. The third-order valence-electron chi connectivity index (χ3n) is 6.43. The number of ether oxygens (including phenoxy) is 2. The lowest BCUT2D eigenvalue weighted by Crippen LogP contribution is -2.52. The Kier molecular flexibility index (Phi) is 7.47. The molecule has 0 bridgehead atoms. The highest BCUT2D eigenvalue weighted by molar-refractivity contribution is 7.91. The van der Waals surface area contributed by atoms with Gasteiger partial charge < -0.3 is 14.4 Å². The van der Waals surface area contributed by atoms with E-state index in [1.165, 1.54) is 6.92 Å². The van der Waals surface area contributed by atoms with E-state index in [1.54, 1.807) is 34.1 Å². The zero-order chi connectivity index (χ0) is 25.2. The van der Waals surface area contributed by atoms with Crippen molar-refractivity contribution in [2.24, 2.45) is 0 Å². The van der Waals surface area contributed by atoms with Crippen molar-refractivity contribution in [3.05, 3.63) is 42.5 Å². The van der Waals surface area contributed by atoms with Crippen molar-refractivity contribution < 1.29 is 27.5 Å². The van der Waals surface area contributed by atoms with E-state index >= 15 is 0 Å². The molecule has 0 saturated carbocycles. The first-order valence-corrected chi connectivity index (χ1v) is 13.7. The van der Waals surface area contributed by atoms with E-state index in [9.17, 15) is 18.0 Å². The van der Waals surface area contributed by atoms with Crippen molar-refractivity contribution in [1.29, 1.82) is 0 Å². The smallest absolute Gasteiger partial charge is 0.414 e. The normalized spacial score (nSPS) is 18.8. The minimum atomic E-state index is -3.30. The van der Waals surface area contributed by atoms with Crippen molar-refractivity contribution in [2.45, 2.75) is 57.1 Å². The summed E-state index contributed by atoms with van der Waals surface area (Å²) in [5.74, 6) is 0.00322. The van der Waals surface area contributed by atoms with E-state index in [2.05, 4.69) is 0 Å². The van der Waals surface area contributed by atoms with Gasteiger partial charge in [0.05, 0.1) is 41.3 Å². The second kappa shape index (κ2) is 10.4. The van der Waals surface area contributed by atoms with Crippen LogP contribution in [0.2, 0.25) is 0 Å². The van der Waals surface area contributed by atoms with Crippen molar-refractivity contribution in [2.75, 3.05) is 35.3 Å². The summed E-state index contributed by atoms with van der Waals surface area (Å²) >= 11 is 0. The quantitative estimate of drug-likeness (QED) is 0.604. The molecule has 8 nitrogen and oxygen atoms in total. The molecule has 0 aliphatic carbocycles. The van der Waals surface area contributed by atoms with Crippen LogP contribution in [0.5, 0.6) is 0 Å². The topological polar surface area (TPSA) is 93.2 Å². The minimum Gasteiger partial charge on any atom is -0.446 e. The highest BCUT2D eigenvalue weighted by atomic mass is 32.2. The molecule has 2 aliphatic heterocycles. The molecule has 2 aliphatic rings. The number of carbonyl (C=O) groups is 2. The highest BCUT2D eigenvalue weighted by Gasteiger charge is 2.35. The van der Waals surface area contributed by atoms with E-state index in [1.807, 2.05) is 32.0 Å². The van der Waals surface area contributed by atoms with Gasteiger partial charge in [-0.1, -0.05) is 25.1 Å². The monoisotopic (exact) mass is 500 g/mol. The van der Waals surface area contributed by atoms with E-state index < -0.39 is 15.9 Å². The van der Waals surface area contributed by atoms with Crippen LogP contribution in [-0.4, -0.2) is 58.1 Å². The lowest BCUT2D eigenvalue weighted by Gasteiger charge is -2.41. The van der Waals surface area contributed by atoms with Gasteiger partial charge in [-0.15, -0.1) is 0 Å². The predicted molar refractivity (Wildman–Crippen MR) is 135 cm³/mol.